The van der Waals surface area contributed by atoms with Crippen molar-refractivity contribution in [1.82, 2.24) is 5.32 Å². The van der Waals surface area contributed by atoms with Crippen LogP contribution >= 0.6 is 0 Å². The SMILES string of the molecule is CC(C#N)CNC(=O)c1cc2ccccc2o1. The van der Waals surface area contributed by atoms with E-state index in [1.807, 2.05) is 24.3 Å². The van der Waals surface area contributed by atoms with E-state index in [0.29, 0.717) is 12.1 Å². The fourth-order valence-electron chi connectivity index (χ4n) is 1.47. The van der Waals surface area contributed by atoms with Crippen LogP contribution in [0.1, 0.15) is 17.5 Å². The minimum absolute atomic E-state index is 0.205. The summed E-state index contributed by atoms with van der Waals surface area (Å²) in [4.78, 5) is 11.7. The van der Waals surface area contributed by atoms with E-state index in [4.69, 9.17) is 9.68 Å². The monoisotopic (exact) mass is 228 g/mol. The van der Waals surface area contributed by atoms with Gasteiger partial charge in [-0.1, -0.05) is 18.2 Å². The predicted octanol–water partition coefficient (Wildman–Crippen LogP) is 2.32. The number of fused-ring (bicyclic) bond motifs is 1. The molecule has 4 heteroatoms. The molecule has 2 rings (SSSR count). The number of carbonyl (C=O) groups is 1. The summed E-state index contributed by atoms with van der Waals surface area (Å²) in [5, 5.41) is 12.2. The highest BCUT2D eigenvalue weighted by atomic mass is 16.3. The molecule has 4 nitrogen and oxygen atoms in total. The van der Waals surface area contributed by atoms with E-state index in [1.54, 1.807) is 13.0 Å². The molecule has 0 radical (unpaired) electrons. The summed E-state index contributed by atoms with van der Waals surface area (Å²) in [5.41, 5.74) is 0.686. The Balaban J connectivity index is 2.12. The lowest BCUT2D eigenvalue weighted by molar-refractivity contribution is 0.0925. The zero-order chi connectivity index (χ0) is 12.3. The molecular formula is C13H12N2O2. The van der Waals surface area contributed by atoms with E-state index in [1.165, 1.54) is 0 Å². The van der Waals surface area contributed by atoms with E-state index in [9.17, 15) is 4.79 Å². The number of rotatable bonds is 3. The molecule has 86 valence electrons. The van der Waals surface area contributed by atoms with Crippen LogP contribution in [0.2, 0.25) is 0 Å². The van der Waals surface area contributed by atoms with Gasteiger partial charge in [0.15, 0.2) is 5.76 Å². The first-order valence-electron chi connectivity index (χ1n) is 5.37. The number of para-hydroxylation sites is 1. The summed E-state index contributed by atoms with van der Waals surface area (Å²) < 4.78 is 5.40. The van der Waals surface area contributed by atoms with Gasteiger partial charge in [0.05, 0.1) is 12.0 Å². The van der Waals surface area contributed by atoms with Crippen molar-refractivity contribution in [3.05, 3.63) is 36.1 Å². The molecule has 17 heavy (non-hydrogen) atoms. The Bertz CT molecular complexity index is 547. The topological polar surface area (TPSA) is 66.0 Å². The number of hydrogen-bond acceptors (Lipinski definition) is 3. The molecule has 1 aromatic carbocycles. The molecule has 2 aromatic rings. The summed E-state index contributed by atoms with van der Waals surface area (Å²) in [6, 6.07) is 11.2. The standard InChI is InChI=1S/C13H12N2O2/c1-9(7-14)8-15-13(16)12-6-10-4-2-3-5-11(10)17-12/h2-6,9H,8H2,1H3,(H,15,16). The third-order valence-electron chi connectivity index (χ3n) is 2.44. The molecule has 0 aliphatic carbocycles. The zero-order valence-corrected chi connectivity index (χ0v) is 9.43. The smallest absolute Gasteiger partial charge is 0.287 e. The number of nitrogens with one attached hydrogen (secondary N) is 1. The Labute approximate surface area is 98.8 Å². The molecule has 1 unspecified atom stereocenters. The quantitative estimate of drug-likeness (QED) is 0.876. The summed E-state index contributed by atoms with van der Waals surface area (Å²) in [7, 11) is 0. The number of furan rings is 1. The fourth-order valence-corrected chi connectivity index (χ4v) is 1.47. The molecule has 1 aromatic heterocycles. The minimum atomic E-state index is -0.289. The second kappa shape index (κ2) is 4.71. The molecule has 0 saturated heterocycles. The molecular weight excluding hydrogens is 216 g/mol. The van der Waals surface area contributed by atoms with Gasteiger partial charge in [-0.05, 0) is 19.1 Å². The van der Waals surface area contributed by atoms with Gasteiger partial charge in [-0.15, -0.1) is 0 Å². The van der Waals surface area contributed by atoms with Gasteiger partial charge < -0.3 is 9.73 Å². The van der Waals surface area contributed by atoms with Crippen LogP contribution in [-0.4, -0.2) is 12.5 Å². The third kappa shape index (κ3) is 2.45. The zero-order valence-electron chi connectivity index (χ0n) is 9.43. The van der Waals surface area contributed by atoms with Crippen LogP contribution in [0.5, 0.6) is 0 Å². The van der Waals surface area contributed by atoms with Crippen LogP contribution in [-0.2, 0) is 0 Å². The summed E-state index contributed by atoms with van der Waals surface area (Å²) in [6.07, 6.45) is 0. The number of nitriles is 1. The van der Waals surface area contributed by atoms with Gasteiger partial charge in [0.25, 0.3) is 5.91 Å². The molecule has 1 atom stereocenters. The lowest BCUT2D eigenvalue weighted by Crippen LogP contribution is -2.27. The van der Waals surface area contributed by atoms with Gasteiger partial charge in [-0.25, -0.2) is 0 Å². The third-order valence-corrected chi connectivity index (χ3v) is 2.44. The molecule has 1 N–H and O–H groups in total. The predicted molar refractivity (Wildman–Crippen MR) is 63.3 cm³/mol. The summed E-state index contributed by atoms with van der Waals surface area (Å²) in [5.74, 6) is -0.219. The lowest BCUT2D eigenvalue weighted by atomic mass is 10.2. The molecule has 1 amide bonds. The largest absolute Gasteiger partial charge is 0.451 e. The van der Waals surface area contributed by atoms with E-state index in [2.05, 4.69) is 11.4 Å². The van der Waals surface area contributed by atoms with Crippen molar-refractivity contribution in [2.75, 3.05) is 6.54 Å². The summed E-state index contributed by atoms with van der Waals surface area (Å²) >= 11 is 0. The van der Waals surface area contributed by atoms with Gasteiger partial charge >= 0.3 is 0 Å². The van der Waals surface area contributed by atoms with Crippen LogP contribution in [0.3, 0.4) is 0 Å². The van der Waals surface area contributed by atoms with Gasteiger partial charge in [-0.2, -0.15) is 5.26 Å². The Morgan fingerprint density at radius 3 is 3.00 bits per heavy atom. The van der Waals surface area contributed by atoms with Gasteiger partial charge in [0, 0.05) is 11.9 Å². The first kappa shape index (κ1) is 11.2. The first-order chi connectivity index (χ1) is 8.20. The Morgan fingerprint density at radius 1 is 1.53 bits per heavy atom. The molecule has 0 aliphatic rings. The van der Waals surface area contributed by atoms with Crippen molar-refractivity contribution in [3.8, 4) is 6.07 Å². The Hall–Kier alpha value is -2.28. The van der Waals surface area contributed by atoms with Crippen molar-refractivity contribution in [3.63, 3.8) is 0 Å². The van der Waals surface area contributed by atoms with Crippen molar-refractivity contribution in [2.45, 2.75) is 6.92 Å². The van der Waals surface area contributed by atoms with E-state index < -0.39 is 0 Å². The van der Waals surface area contributed by atoms with E-state index >= 15 is 0 Å². The first-order valence-corrected chi connectivity index (χ1v) is 5.37. The average Bonchev–Trinajstić information content (AvgIpc) is 2.79. The minimum Gasteiger partial charge on any atom is -0.451 e. The Morgan fingerprint density at radius 2 is 2.29 bits per heavy atom. The maximum atomic E-state index is 11.7. The number of hydrogen-bond donors (Lipinski definition) is 1. The molecule has 0 aliphatic heterocycles. The maximum absolute atomic E-state index is 11.7. The summed E-state index contributed by atoms with van der Waals surface area (Å²) in [6.45, 7) is 2.07. The second-order valence-electron chi connectivity index (χ2n) is 3.89. The molecule has 0 fully saturated rings. The molecule has 0 spiro atoms. The van der Waals surface area contributed by atoms with Crippen molar-refractivity contribution < 1.29 is 9.21 Å². The van der Waals surface area contributed by atoms with Crippen LogP contribution in [0.4, 0.5) is 0 Å². The molecule has 1 heterocycles. The lowest BCUT2D eigenvalue weighted by Gasteiger charge is -2.03. The molecule has 0 bridgehead atoms. The number of carbonyl (C=O) groups excluding carboxylic acids is 1. The van der Waals surface area contributed by atoms with E-state index in [-0.39, 0.29) is 17.6 Å². The fraction of sp³-hybridized carbons (Fsp3) is 0.231. The van der Waals surface area contributed by atoms with Crippen LogP contribution in [0.25, 0.3) is 11.0 Å². The van der Waals surface area contributed by atoms with Crippen LogP contribution < -0.4 is 5.32 Å². The van der Waals surface area contributed by atoms with Gasteiger partial charge in [0.1, 0.15) is 5.58 Å². The van der Waals surface area contributed by atoms with E-state index in [0.717, 1.165) is 5.39 Å². The van der Waals surface area contributed by atoms with Crippen molar-refractivity contribution in [1.29, 1.82) is 5.26 Å². The Kier molecular flexibility index (Phi) is 3.10. The van der Waals surface area contributed by atoms with Crippen molar-refractivity contribution in [2.24, 2.45) is 5.92 Å². The highest BCUT2D eigenvalue weighted by Crippen LogP contribution is 2.18. The van der Waals surface area contributed by atoms with Crippen LogP contribution in [0.15, 0.2) is 34.7 Å². The highest BCUT2D eigenvalue weighted by Gasteiger charge is 2.12. The van der Waals surface area contributed by atoms with Gasteiger partial charge in [0.2, 0.25) is 0 Å². The average molecular weight is 228 g/mol. The van der Waals surface area contributed by atoms with Gasteiger partial charge in [-0.3, -0.25) is 4.79 Å². The normalized spacial score (nSPS) is 12.0. The number of nitrogens with zero attached hydrogens (tertiary/aromatic N) is 1. The number of benzene rings is 1. The maximum Gasteiger partial charge on any atom is 0.287 e. The van der Waals surface area contributed by atoms with Crippen molar-refractivity contribution >= 4 is 16.9 Å². The number of amides is 1. The highest BCUT2D eigenvalue weighted by molar-refractivity contribution is 5.96. The second-order valence-corrected chi connectivity index (χ2v) is 3.89. The molecule has 0 saturated carbocycles. The van der Waals surface area contributed by atoms with Crippen LogP contribution in [0, 0.1) is 17.2 Å².